The fourth-order valence-corrected chi connectivity index (χ4v) is 4.26. The van der Waals surface area contributed by atoms with Crippen molar-refractivity contribution in [1.82, 2.24) is 9.97 Å². The Morgan fingerprint density at radius 1 is 1.17 bits per heavy atom. The van der Waals surface area contributed by atoms with Gasteiger partial charge in [0, 0.05) is 29.0 Å². The summed E-state index contributed by atoms with van der Waals surface area (Å²) in [6.45, 7) is 0.257. The standard InChI is InChI=1S/C19H21N3OS/c23-10-8-13-4-3-7-16(13)20-19-15-5-1-2-6-17(15)21-18(22-19)14-9-11-24-12-14/h1-2,5-6,9,11-13,16,23H,3-4,7-8,10H2,(H,20,21,22). The Labute approximate surface area is 145 Å². The lowest BCUT2D eigenvalue weighted by Crippen LogP contribution is -2.25. The summed E-state index contributed by atoms with van der Waals surface area (Å²) in [5.41, 5.74) is 2.03. The Balaban J connectivity index is 1.73. The molecule has 5 heteroatoms. The summed E-state index contributed by atoms with van der Waals surface area (Å²) >= 11 is 1.66. The largest absolute Gasteiger partial charge is 0.396 e. The molecule has 2 heterocycles. The van der Waals surface area contributed by atoms with E-state index in [4.69, 9.17) is 9.97 Å². The number of aromatic nitrogens is 2. The molecule has 1 fully saturated rings. The van der Waals surface area contributed by atoms with Crippen LogP contribution in [0.2, 0.25) is 0 Å². The van der Waals surface area contributed by atoms with Crippen LogP contribution in [-0.2, 0) is 0 Å². The Bertz CT molecular complexity index is 819. The molecule has 2 aromatic heterocycles. The zero-order valence-electron chi connectivity index (χ0n) is 13.5. The second-order valence-corrected chi connectivity index (χ2v) is 7.16. The van der Waals surface area contributed by atoms with Gasteiger partial charge >= 0.3 is 0 Å². The number of nitrogens with one attached hydrogen (secondary N) is 1. The van der Waals surface area contributed by atoms with Gasteiger partial charge in [0.1, 0.15) is 5.82 Å². The van der Waals surface area contributed by atoms with Crippen molar-refractivity contribution in [2.24, 2.45) is 5.92 Å². The number of rotatable bonds is 5. The van der Waals surface area contributed by atoms with Gasteiger partial charge in [-0.25, -0.2) is 9.97 Å². The quantitative estimate of drug-likeness (QED) is 0.727. The van der Waals surface area contributed by atoms with E-state index < -0.39 is 0 Å². The van der Waals surface area contributed by atoms with Gasteiger partial charge in [0.05, 0.1) is 5.52 Å². The Hall–Kier alpha value is -1.98. The molecular weight excluding hydrogens is 318 g/mol. The molecule has 0 saturated heterocycles. The van der Waals surface area contributed by atoms with E-state index in [1.165, 1.54) is 12.8 Å². The molecule has 0 aliphatic heterocycles. The first-order chi connectivity index (χ1) is 11.8. The minimum atomic E-state index is 0.257. The molecule has 3 aromatic rings. The molecule has 1 saturated carbocycles. The van der Waals surface area contributed by atoms with Crippen LogP contribution in [-0.4, -0.2) is 27.7 Å². The van der Waals surface area contributed by atoms with E-state index in [1.807, 2.05) is 18.2 Å². The number of fused-ring (bicyclic) bond motifs is 1. The van der Waals surface area contributed by atoms with E-state index in [0.29, 0.717) is 12.0 Å². The molecule has 1 aliphatic rings. The maximum Gasteiger partial charge on any atom is 0.162 e. The summed E-state index contributed by atoms with van der Waals surface area (Å²) in [5, 5.41) is 18.2. The molecule has 0 radical (unpaired) electrons. The van der Waals surface area contributed by atoms with Gasteiger partial charge in [0.25, 0.3) is 0 Å². The average Bonchev–Trinajstić information content (AvgIpc) is 3.28. The van der Waals surface area contributed by atoms with Crippen molar-refractivity contribution in [3.8, 4) is 11.4 Å². The number of hydrogen-bond donors (Lipinski definition) is 2. The van der Waals surface area contributed by atoms with Gasteiger partial charge in [0.2, 0.25) is 0 Å². The lowest BCUT2D eigenvalue weighted by molar-refractivity contribution is 0.254. The molecule has 2 unspecified atom stereocenters. The van der Waals surface area contributed by atoms with Crippen LogP contribution in [0.5, 0.6) is 0 Å². The lowest BCUT2D eigenvalue weighted by Gasteiger charge is -2.22. The normalized spacial score (nSPS) is 20.5. The monoisotopic (exact) mass is 339 g/mol. The third kappa shape index (κ3) is 3.01. The summed E-state index contributed by atoms with van der Waals surface area (Å²) in [6.07, 6.45) is 4.39. The van der Waals surface area contributed by atoms with E-state index >= 15 is 0 Å². The average molecular weight is 339 g/mol. The Morgan fingerprint density at radius 3 is 2.92 bits per heavy atom. The van der Waals surface area contributed by atoms with Gasteiger partial charge in [-0.3, -0.25) is 0 Å². The fraction of sp³-hybridized carbons (Fsp3) is 0.368. The van der Waals surface area contributed by atoms with Crippen molar-refractivity contribution in [2.45, 2.75) is 31.7 Å². The van der Waals surface area contributed by atoms with Gasteiger partial charge in [-0.05, 0) is 48.8 Å². The maximum absolute atomic E-state index is 9.30. The van der Waals surface area contributed by atoms with Crippen LogP contribution in [0.4, 0.5) is 5.82 Å². The number of benzene rings is 1. The molecule has 124 valence electrons. The number of aliphatic hydroxyl groups is 1. The summed E-state index contributed by atoms with van der Waals surface area (Å²) in [4.78, 5) is 9.55. The van der Waals surface area contributed by atoms with Gasteiger partial charge in [-0.15, -0.1) is 0 Å². The van der Waals surface area contributed by atoms with Crippen LogP contribution in [0, 0.1) is 5.92 Å². The molecule has 24 heavy (non-hydrogen) atoms. The summed E-state index contributed by atoms with van der Waals surface area (Å²) < 4.78 is 0. The number of nitrogens with zero attached hydrogens (tertiary/aromatic N) is 2. The highest BCUT2D eigenvalue weighted by Crippen LogP contribution is 2.33. The topological polar surface area (TPSA) is 58.0 Å². The number of hydrogen-bond acceptors (Lipinski definition) is 5. The zero-order chi connectivity index (χ0) is 16.4. The van der Waals surface area contributed by atoms with Crippen molar-refractivity contribution in [3.63, 3.8) is 0 Å². The molecule has 0 bridgehead atoms. The van der Waals surface area contributed by atoms with Crippen LogP contribution in [0.15, 0.2) is 41.1 Å². The molecule has 0 amide bonds. The SMILES string of the molecule is OCCC1CCCC1Nc1nc(-c2ccsc2)nc2ccccc12. The maximum atomic E-state index is 9.30. The Kier molecular flexibility index (Phi) is 4.45. The van der Waals surface area contributed by atoms with E-state index in [0.717, 1.165) is 41.0 Å². The highest BCUT2D eigenvalue weighted by molar-refractivity contribution is 7.08. The predicted molar refractivity (Wildman–Crippen MR) is 99.3 cm³/mol. The smallest absolute Gasteiger partial charge is 0.162 e. The van der Waals surface area contributed by atoms with Crippen LogP contribution in [0.1, 0.15) is 25.7 Å². The molecule has 1 aliphatic carbocycles. The van der Waals surface area contributed by atoms with Crippen molar-refractivity contribution < 1.29 is 5.11 Å². The summed E-state index contributed by atoms with van der Waals surface area (Å²) in [7, 11) is 0. The molecule has 2 N–H and O–H groups in total. The molecule has 4 nitrogen and oxygen atoms in total. The number of aliphatic hydroxyl groups excluding tert-OH is 1. The second-order valence-electron chi connectivity index (χ2n) is 6.38. The molecule has 4 rings (SSSR count). The van der Waals surface area contributed by atoms with Gasteiger partial charge < -0.3 is 10.4 Å². The minimum absolute atomic E-state index is 0.257. The van der Waals surface area contributed by atoms with Crippen molar-refractivity contribution >= 4 is 28.1 Å². The highest BCUT2D eigenvalue weighted by atomic mass is 32.1. The summed E-state index contributed by atoms with van der Waals surface area (Å²) in [5.74, 6) is 2.21. The zero-order valence-corrected chi connectivity index (χ0v) is 14.3. The van der Waals surface area contributed by atoms with E-state index in [-0.39, 0.29) is 6.61 Å². The molecule has 2 atom stereocenters. The van der Waals surface area contributed by atoms with E-state index in [9.17, 15) is 5.11 Å². The third-order valence-electron chi connectivity index (χ3n) is 4.86. The predicted octanol–water partition coefficient (Wildman–Crippen LogP) is 4.32. The minimum Gasteiger partial charge on any atom is -0.396 e. The van der Waals surface area contributed by atoms with E-state index in [2.05, 4.69) is 28.2 Å². The van der Waals surface area contributed by atoms with Crippen LogP contribution in [0.3, 0.4) is 0 Å². The van der Waals surface area contributed by atoms with Crippen LogP contribution in [0.25, 0.3) is 22.3 Å². The first kappa shape index (κ1) is 15.5. The third-order valence-corrected chi connectivity index (χ3v) is 5.55. The second kappa shape index (κ2) is 6.87. The molecule has 1 aromatic carbocycles. The number of para-hydroxylation sites is 1. The lowest BCUT2D eigenvalue weighted by atomic mass is 10.00. The summed E-state index contributed by atoms with van der Waals surface area (Å²) in [6, 6.07) is 10.6. The Morgan fingerprint density at radius 2 is 2.08 bits per heavy atom. The van der Waals surface area contributed by atoms with Crippen LogP contribution >= 0.6 is 11.3 Å². The highest BCUT2D eigenvalue weighted by Gasteiger charge is 2.27. The first-order valence-corrected chi connectivity index (χ1v) is 9.46. The molecule has 0 spiro atoms. The van der Waals surface area contributed by atoms with Crippen molar-refractivity contribution in [3.05, 3.63) is 41.1 Å². The fourth-order valence-electron chi connectivity index (χ4n) is 3.62. The first-order valence-electron chi connectivity index (χ1n) is 8.52. The van der Waals surface area contributed by atoms with Gasteiger partial charge in [-0.1, -0.05) is 18.6 Å². The van der Waals surface area contributed by atoms with Crippen molar-refractivity contribution in [1.29, 1.82) is 0 Å². The van der Waals surface area contributed by atoms with Gasteiger partial charge in [0.15, 0.2) is 5.82 Å². The van der Waals surface area contributed by atoms with E-state index in [1.54, 1.807) is 11.3 Å². The van der Waals surface area contributed by atoms with Crippen molar-refractivity contribution in [2.75, 3.05) is 11.9 Å². The van der Waals surface area contributed by atoms with Crippen LogP contribution < -0.4 is 5.32 Å². The van der Waals surface area contributed by atoms with Gasteiger partial charge in [-0.2, -0.15) is 11.3 Å². The molecular formula is C19H21N3OS. The number of anilines is 1. The number of thiophene rings is 1.